The molecule has 10 heteroatoms. The summed E-state index contributed by atoms with van der Waals surface area (Å²) in [4.78, 5) is 9.74. The van der Waals surface area contributed by atoms with E-state index in [1.165, 1.54) is 0 Å². The number of aromatic nitrogens is 7. The summed E-state index contributed by atoms with van der Waals surface area (Å²) < 4.78 is 15.6. The van der Waals surface area contributed by atoms with Gasteiger partial charge in [0.1, 0.15) is 22.3 Å². The van der Waals surface area contributed by atoms with Crippen molar-refractivity contribution in [3.8, 4) is 11.3 Å². The summed E-state index contributed by atoms with van der Waals surface area (Å²) in [5.74, 6) is 0.259. The van der Waals surface area contributed by atoms with Crippen LogP contribution in [0.5, 0.6) is 0 Å². The van der Waals surface area contributed by atoms with Gasteiger partial charge in [0.05, 0.1) is 28.6 Å². The molecule has 0 bridgehead atoms. The van der Waals surface area contributed by atoms with Gasteiger partial charge in [0.15, 0.2) is 0 Å². The van der Waals surface area contributed by atoms with Crippen LogP contribution < -0.4 is 0 Å². The highest BCUT2D eigenvalue weighted by Crippen LogP contribution is 2.43. The summed E-state index contributed by atoms with van der Waals surface area (Å²) in [6, 6.07) is 6.04. The van der Waals surface area contributed by atoms with Gasteiger partial charge in [0.2, 0.25) is 5.58 Å². The maximum absolute atomic E-state index is 11.1. The van der Waals surface area contributed by atoms with E-state index in [0.717, 1.165) is 52.1 Å². The van der Waals surface area contributed by atoms with Crippen LogP contribution in [0.4, 0.5) is 0 Å². The SMILES string of the molecule is Cc1cccnc1C(C1CCOCC1)n1c2cc(-c3c(C)nnn3C)cnc2c2onc(C(C)(C)O)c21. The lowest BCUT2D eigenvalue weighted by Gasteiger charge is -2.33. The molecule has 5 aromatic rings. The third kappa shape index (κ3) is 3.82. The molecule has 1 fully saturated rings. The van der Waals surface area contributed by atoms with Crippen molar-refractivity contribution >= 4 is 22.1 Å². The topological polar surface area (TPSA) is 117 Å². The van der Waals surface area contributed by atoms with E-state index in [0.29, 0.717) is 30.0 Å². The van der Waals surface area contributed by atoms with Gasteiger partial charge < -0.3 is 18.9 Å². The van der Waals surface area contributed by atoms with E-state index >= 15 is 0 Å². The van der Waals surface area contributed by atoms with Crippen molar-refractivity contribution in [2.24, 2.45) is 13.0 Å². The van der Waals surface area contributed by atoms with E-state index in [4.69, 9.17) is 19.2 Å². The van der Waals surface area contributed by atoms with Crippen molar-refractivity contribution < 1.29 is 14.4 Å². The van der Waals surface area contributed by atoms with E-state index in [-0.39, 0.29) is 12.0 Å². The lowest BCUT2D eigenvalue weighted by atomic mass is 9.87. The Morgan fingerprint density at radius 1 is 1.16 bits per heavy atom. The third-order valence-corrected chi connectivity index (χ3v) is 7.42. The lowest BCUT2D eigenvalue weighted by Crippen LogP contribution is -2.29. The third-order valence-electron chi connectivity index (χ3n) is 7.42. The zero-order chi connectivity index (χ0) is 25.9. The molecule has 1 saturated heterocycles. The molecule has 1 aliphatic heterocycles. The Balaban J connectivity index is 1.72. The number of hydrogen-bond donors (Lipinski definition) is 1. The number of fused-ring (bicyclic) bond motifs is 3. The quantitative estimate of drug-likeness (QED) is 0.380. The molecule has 37 heavy (non-hydrogen) atoms. The highest BCUT2D eigenvalue weighted by Gasteiger charge is 2.36. The summed E-state index contributed by atoms with van der Waals surface area (Å²) >= 11 is 0. The first kappa shape index (κ1) is 23.7. The average Bonchev–Trinajstić information content (AvgIpc) is 3.54. The molecular weight excluding hydrogens is 470 g/mol. The number of nitrogens with zero attached hydrogens (tertiary/aromatic N) is 7. The average molecular weight is 502 g/mol. The number of aryl methyl sites for hydroxylation is 3. The smallest absolute Gasteiger partial charge is 0.211 e. The lowest BCUT2D eigenvalue weighted by molar-refractivity contribution is 0.0541. The molecule has 1 N–H and O–H groups in total. The molecule has 1 unspecified atom stereocenters. The van der Waals surface area contributed by atoms with Crippen molar-refractivity contribution in [1.29, 1.82) is 0 Å². The minimum absolute atomic E-state index is 0.131. The van der Waals surface area contributed by atoms with Crippen LogP contribution in [0.2, 0.25) is 0 Å². The first-order valence-electron chi connectivity index (χ1n) is 12.6. The molecule has 0 amide bonds. The van der Waals surface area contributed by atoms with E-state index < -0.39 is 5.60 Å². The van der Waals surface area contributed by atoms with Crippen molar-refractivity contribution in [2.75, 3.05) is 13.2 Å². The second kappa shape index (κ2) is 8.74. The van der Waals surface area contributed by atoms with E-state index in [1.807, 2.05) is 32.4 Å². The standard InChI is InChI=1S/C27H31N7O3/c1-15-7-6-10-28-20(15)23(17-8-11-36-12-9-17)34-19-13-18(22-16(2)30-32-33(22)5)14-29-21(19)25-24(34)26(31-37-25)27(3,4)35/h6-7,10,13-14,17,23,35H,8-9,11-12H2,1-5H3. The Morgan fingerprint density at radius 2 is 1.95 bits per heavy atom. The van der Waals surface area contributed by atoms with Crippen LogP contribution in [0.25, 0.3) is 33.4 Å². The molecule has 1 aliphatic rings. The molecular formula is C27H31N7O3. The van der Waals surface area contributed by atoms with Crippen molar-refractivity contribution in [3.05, 3.63) is 53.2 Å². The maximum Gasteiger partial charge on any atom is 0.211 e. The molecule has 0 aromatic carbocycles. The van der Waals surface area contributed by atoms with Crippen molar-refractivity contribution in [2.45, 2.75) is 52.2 Å². The van der Waals surface area contributed by atoms with Gasteiger partial charge in [-0.1, -0.05) is 16.4 Å². The Labute approximate surface area is 214 Å². The molecule has 6 heterocycles. The minimum atomic E-state index is -1.22. The second-order valence-corrected chi connectivity index (χ2v) is 10.5. The predicted octanol–water partition coefficient (Wildman–Crippen LogP) is 4.23. The first-order chi connectivity index (χ1) is 17.8. The number of rotatable bonds is 5. The second-order valence-electron chi connectivity index (χ2n) is 10.5. The number of aliphatic hydroxyl groups is 1. The number of pyridine rings is 2. The van der Waals surface area contributed by atoms with Gasteiger partial charge in [-0.2, -0.15) is 0 Å². The fraction of sp³-hybridized carbons (Fsp3) is 0.444. The molecule has 192 valence electrons. The summed E-state index contributed by atoms with van der Waals surface area (Å²) in [5, 5.41) is 23.9. The van der Waals surface area contributed by atoms with Gasteiger partial charge >= 0.3 is 0 Å². The minimum Gasteiger partial charge on any atom is -0.384 e. The van der Waals surface area contributed by atoms with Crippen molar-refractivity contribution in [3.63, 3.8) is 0 Å². The summed E-state index contributed by atoms with van der Waals surface area (Å²) in [5.41, 5.74) is 6.86. The summed E-state index contributed by atoms with van der Waals surface area (Å²) in [6.45, 7) is 8.88. The number of ether oxygens (including phenoxy) is 1. The van der Waals surface area contributed by atoms with Crippen LogP contribution in [-0.4, -0.2) is 53.0 Å². The van der Waals surface area contributed by atoms with Crippen LogP contribution in [0.15, 0.2) is 35.1 Å². The Morgan fingerprint density at radius 3 is 2.62 bits per heavy atom. The molecule has 1 atom stereocenters. The highest BCUT2D eigenvalue weighted by molar-refractivity contribution is 6.04. The fourth-order valence-corrected chi connectivity index (χ4v) is 5.67. The normalized spacial score (nSPS) is 16.2. The van der Waals surface area contributed by atoms with Gasteiger partial charge in [0.25, 0.3) is 0 Å². The summed E-state index contributed by atoms with van der Waals surface area (Å²) in [7, 11) is 1.88. The molecule has 0 aliphatic carbocycles. The molecule has 0 spiro atoms. The van der Waals surface area contributed by atoms with Crippen LogP contribution in [0, 0.1) is 19.8 Å². The molecule has 0 saturated carbocycles. The molecule has 0 radical (unpaired) electrons. The van der Waals surface area contributed by atoms with Gasteiger partial charge in [-0.05, 0) is 64.2 Å². The van der Waals surface area contributed by atoms with Crippen LogP contribution in [-0.2, 0) is 17.4 Å². The van der Waals surface area contributed by atoms with Crippen molar-refractivity contribution in [1.82, 2.24) is 34.7 Å². The van der Waals surface area contributed by atoms with Gasteiger partial charge in [-0.15, -0.1) is 5.10 Å². The zero-order valence-electron chi connectivity index (χ0n) is 21.8. The Hall–Kier alpha value is -3.63. The predicted molar refractivity (Wildman–Crippen MR) is 138 cm³/mol. The largest absolute Gasteiger partial charge is 0.384 e. The van der Waals surface area contributed by atoms with E-state index in [2.05, 4.69) is 39.1 Å². The van der Waals surface area contributed by atoms with E-state index in [9.17, 15) is 5.11 Å². The van der Waals surface area contributed by atoms with Crippen LogP contribution in [0.3, 0.4) is 0 Å². The van der Waals surface area contributed by atoms with E-state index in [1.54, 1.807) is 18.5 Å². The van der Waals surface area contributed by atoms with Gasteiger partial charge in [-0.25, -0.2) is 9.67 Å². The molecule has 5 aromatic heterocycles. The molecule has 6 rings (SSSR count). The monoisotopic (exact) mass is 501 g/mol. The zero-order valence-corrected chi connectivity index (χ0v) is 21.8. The Kier molecular flexibility index (Phi) is 5.61. The van der Waals surface area contributed by atoms with Gasteiger partial charge in [-0.3, -0.25) is 4.98 Å². The number of hydrogen-bond acceptors (Lipinski definition) is 8. The first-order valence-corrected chi connectivity index (χ1v) is 12.6. The molecule has 10 nitrogen and oxygen atoms in total. The van der Waals surface area contributed by atoms with Gasteiger partial charge in [0, 0.05) is 38.2 Å². The highest BCUT2D eigenvalue weighted by atomic mass is 16.5. The fourth-order valence-electron chi connectivity index (χ4n) is 5.67. The maximum atomic E-state index is 11.1. The summed E-state index contributed by atoms with van der Waals surface area (Å²) in [6.07, 6.45) is 5.45. The van der Waals surface area contributed by atoms with Crippen LogP contribution >= 0.6 is 0 Å². The Bertz CT molecular complexity index is 1580. The van der Waals surface area contributed by atoms with Crippen LogP contribution in [0.1, 0.15) is 55.4 Å².